The van der Waals surface area contributed by atoms with E-state index in [0.717, 1.165) is 42.3 Å². The van der Waals surface area contributed by atoms with Crippen LogP contribution in [0.3, 0.4) is 0 Å². The van der Waals surface area contributed by atoms with E-state index >= 15 is 0 Å². The van der Waals surface area contributed by atoms with Gasteiger partial charge >= 0.3 is 0 Å². The summed E-state index contributed by atoms with van der Waals surface area (Å²) in [7, 11) is 0. The highest BCUT2D eigenvalue weighted by Crippen LogP contribution is 2.31. The molecule has 0 unspecified atom stereocenters. The molecular formula is C27H20Br2O. The molecule has 0 fully saturated rings. The van der Waals surface area contributed by atoms with E-state index < -0.39 is 0 Å². The fourth-order valence-electron chi connectivity index (χ4n) is 3.56. The number of Topliss-reactive ketones (excluding diaryl/α,β-unsaturated/α-hetero) is 1. The Morgan fingerprint density at radius 1 is 0.567 bits per heavy atom. The van der Waals surface area contributed by atoms with Crippen molar-refractivity contribution in [2.45, 2.75) is 12.8 Å². The zero-order chi connectivity index (χ0) is 20.9. The van der Waals surface area contributed by atoms with Crippen molar-refractivity contribution in [1.29, 1.82) is 0 Å². The topological polar surface area (TPSA) is 17.1 Å². The zero-order valence-corrected chi connectivity index (χ0v) is 19.5. The average Bonchev–Trinajstić information content (AvgIpc) is 2.77. The highest BCUT2D eigenvalue weighted by molar-refractivity contribution is 9.11. The molecule has 0 saturated carbocycles. The number of carbonyl (C=O) groups is 1. The van der Waals surface area contributed by atoms with Crippen molar-refractivity contribution >= 4 is 37.6 Å². The minimum Gasteiger partial charge on any atom is -0.299 e. The molecule has 0 radical (unpaired) electrons. The first kappa shape index (κ1) is 20.8. The molecule has 0 aliphatic carbocycles. The third-order valence-corrected chi connectivity index (χ3v) is 6.42. The van der Waals surface area contributed by atoms with Gasteiger partial charge < -0.3 is 0 Å². The van der Waals surface area contributed by atoms with Crippen LogP contribution in [0.2, 0.25) is 0 Å². The maximum atomic E-state index is 12.8. The molecule has 148 valence electrons. The number of halogens is 2. The lowest BCUT2D eigenvalue weighted by atomic mass is 9.97. The maximum Gasteiger partial charge on any atom is 0.141 e. The molecule has 3 heteroatoms. The van der Waals surface area contributed by atoms with Gasteiger partial charge in [0.05, 0.1) is 0 Å². The Morgan fingerprint density at radius 2 is 0.967 bits per heavy atom. The number of hydrogen-bond acceptors (Lipinski definition) is 1. The lowest BCUT2D eigenvalue weighted by Crippen LogP contribution is -2.07. The maximum absolute atomic E-state index is 12.8. The van der Waals surface area contributed by atoms with Gasteiger partial charge in [0.2, 0.25) is 0 Å². The molecule has 4 aromatic carbocycles. The summed E-state index contributed by atoms with van der Waals surface area (Å²) in [6, 6.07) is 32.7. The normalized spacial score (nSPS) is 10.7. The molecule has 0 aromatic heterocycles. The Bertz CT molecular complexity index is 1080. The van der Waals surface area contributed by atoms with E-state index in [2.05, 4.69) is 68.3 Å². The van der Waals surface area contributed by atoms with Crippen LogP contribution in [-0.2, 0) is 17.6 Å². The Hall–Kier alpha value is -2.49. The molecule has 0 bridgehead atoms. The summed E-state index contributed by atoms with van der Waals surface area (Å²) in [5.41, 5.74) is 6.55. The third-order valence-electron chi connectivity index (χ3n) is 5.03. The van der Waals surface area contributed by atoms with Gasteiger partial charge in [-0.05, 0) is 57.6 Å². The fourth-order valence-corrected chi connectivity index (χ4v) is 4.51. The molecule has 1 nitrogen and oxygen atoms in total. The van der Waals surface area contributed by atoms with Crippen molar-refractivity contribution in [2.75, 3.05) is 0 Å². The summed E-state index contributed by atoms with van der Waals surface area (Å²) < 4.78 is 2.07. The van der Waals surface area contributed by atoms with E-state index in [-0.39, 0.29) is 5.78 Å². The second-order valence-electron chi connectivity index (χ2n) is 7.25. The number of rotatable bonds is 6. The SMILES string of the molecule is O=C(Cc1ccc(Br)c(-c2ccccc2)c1)Cc1ccc(Br)c(-c2ccccc2)c1. The number of ketones is 1. The summed E-state index contributed by atoms with van der Waals surface area (Å²) in [6.45, 7) is 0. The highest BCUT2D eigenvalue weighted by Gasteiger charge is 2.11. The van der Waals surface area contributed by atoms with Gasteiger partial charge in [0.1, 0.15) is 5.78 Å². The summed E-state index contributed by atoms with van der Waals surface area (Å²) in [6.07, 6.45) is 0.841. The number of benzene rings is 4. The second-order valence-corrected chi connectivity index (χ2v) is 8.96. The third kappa shape index (κ3) is 4.97. The molecule has 0 aliphatic heterocycles. The van der Waals surface area contributed by atoms with Crippen LogP contribution in [0.25, 0.3) is 22.3 Å². The lowest BCUT2D eigenvalue weighted by molar-refractivity contribution is -0.117. The van der Waals surface area contributed by atoms with Gasteiger partial charge in [-0.15, -0.1) is 0 Å². The van der Waals surface area contributed by atoms with E-state index in [1.54, 1.807) is 0 Å². The number of carbonyl (C=O) groups excluding carboxylic acids is 1. The van der Waals surface area contributed by atoms with Gasteiger partial charge in [-0.3, -0.25) is 4.79 Å². The fraction of sp³-hybridized carbons (Fsp3) is 0.0741. The van der Waals surface area contributed by atoms with Crippen molar-refractivity contribution in [3.05, 3.63) is 117 Å². The first-order chi connectivity index (χ1) is 14.6. The number of hydrogen-bond donors (Lipinski definition) is 0. The summed E-state index contributed by atoms with van der Waals surface area (Å²) >= 11 is 7.27. The van der Waals surface area contributed by atoms with Crippen LogP contribution >= 0.6 is 31.9 Å². The minimum absolute atomic E-state index is 0.206. The van der Waals surface area contributed by atoms with Gasteiger partial charge in [-0.2, -0.15) is 0 Å². The standard InChI is InChI=1S/C27H20Br2O/c28-26-13-11-19(17-24(26)21-7-3-1-4-8-21)15-23(30)16-20-12-14-27(29)25(18-20)22-9-5-2-6-10-22/h1-14,17-18H,15-16H2. The van der Waals surface area contributed by atoms with Crippen molar-refractivity contribution in [3.63, 3.8) is 0 Å². The molecule has 0 amide bonds. The van der Waals surface area contributed by atoms with Crippen LogP contribution in [0.1, 0.15) is 11.1 Å². The average molecular weight is 520 g/mol. The van der Waals surface area contributed by atoms with Crippen LogP contribution in [0.15, 0.2) is 106 Å². The van der Waals surface area contributed by atoms with Gasteiger partial charge in [0, 0.05) is 21.8 Å². The van der Waals surface area contributed by atoms with Gasteiger partial charge in [0.25, 0.3) is 0 Å². The summed E-state index contributed by atoms with van der Waals surface area (Å²) in [5.74, 6) is 0.206. The van der Waals surface area contributed by atoms with Crippen LogP contribution in [0.4, 0.5) is 0 Å². The Morgan fingerprint density at radius 3 is 1.37 bits per heavy atom. The van der Waals surface area contributed by atoms with Crippen molar-refractivity contribution < 1.29 is 4.79 Å². The first-order valence-corrected chi connectivity index (χ1v) is 11.4. The molecule has 0 N–H and O–H groups in total. The molecule has 4 rings (SSSR count). The molecule has 0 atom stereocenters. The summed E-state index contributed by atoms with van der Waals surface area (Å²) in [4.78, 5) is 12.8. The molecule has 30 heavy (non-hydrogen) atoms. The Kier molecular flexibility index (Phi) is 6.61. The highest BCUT2D eigenvalue weighted by atomic mass is 79.9. The van der Waals surface area contributed by atoms with Crippen molar-refractivity contribution in [2.24, 2.45) is 0 Å². The van der Waals surface area contributed by atoms with Gasteiger partial charge in [-0.1, -0.05) is 105 Å². The van der Waals surface area contributed by atoms with E-state index in [1.807, 2.05) is 60.7 Å². The van der Waals surface area contributed by atoms with Crippen LogP contribution in [0.5, 0.6) is 0 Å². The minimum atomic E-state index is 0.206. The van der Waals surface area contributed by atoms with Crippen molar-refractivity contribution in [1.82, 2.24) is 0 Å². The molecule has 0 heterocycles. The largest absolute Gasteiger partial charge is 0.299 e. The van der Waals surface area contributed by atoms with E-state index in [0.29, 0.717) is 12.8 Å². The van der Waals surface area contributed by atoms with Gasteiger partial charge in [0.15, 0.2) is 0 Å². The Balaban J connectivity index is 1.52. The molecule has 4 aromatic rings. The lowest BCUT2D eigenvalue weighted by Gasteiger charge is -2.10. The second kappa shape index (κ2) is 9.55. The molecule has 0 spiro atoms. The summed E-state index contributed by atoms with van der Waals surface area (Å²) in [5, 5.41) is 0. The molecular weight excluding hydrogens is 500 g/mol. The molecule has 0 saturated heterocycles. The Labute approximate surface area is 194 Å². The molecule has 0 aliphatic rings. The smallest absolute Gasteiger partial charge is 0.141 e. The van der Waals surface area contributed by atoms with E-state index in [1.165, 1.54) is 0 Å². The zero-order valence-electron chi connectivity index (χ0n) is 16.3. The van der Waals surface area contributed by atoms with Crippen LogP contribution in [-0.4, -0.2) is 5.78 Å². The quantitative estimate of drug-likeness (QED) is 0.253. The predicted octanol–water partition coefficient (Wildman–Crippen LogP) is 7.90. The predicted molar refractivity (Wildman–Crippen MR) is 132 cm³/mol. The first-order valence-electron chi connectivity index (χ1n) is 9.79. The van der Waals surface area contributed by atoms with E-state index in [9.17, 15) is 4.79 Å². The van der Waals surface area contributed by atoms with Crippen LogP contribution < -0.4 is 0 Å². The monoisotopic (exact) mass is 518 g/mol. The van der Waals surface area contributed by atoms with Crippen molar-refractivity contribution in [3.8, 4) is 22.3 Å². The van der Waals surface area contributed by atoms with Gasteiger partial charge in [-0.25, -0.2) is 0 Å². The van der Waals surface area contributed by atoms with E-state index in [4.69, 9.17) is 0 Å². The van der Waals surface area contributed by atoms with Crippen LogP contribution in [0, 0.1) is 0 Å².